The molecule has 0 saturated carbocycles. The molecule has 0 saturated heterocycles. The van der Waals surface area contributed by atoms with Gasteiger partial charge >= 0.3 is 12.3 Å². The van der Waals surface area contributed by atoms with Crippen LogP contribution in [0.3, 0.4) is 0 Å². The van der Waals surface area contributed by atoms with Crippen LogP contribution < -0.4 is 14.8 Å². The maximum absolute atomic E-state index is 11.9. The number of carbonyl (C=O) groups excluding carboxylic acids is 1. The Bertz CT molecular complexity index is 528. The molecule has 0 atom stereocenters. The minimum absolute atomic E-state index is 0.247. The predicted octanol–water partition coefficient (Wildman–Crippen LogP) is 3.30. The van der Waals surface area contributed by atoms with Crippen LogP contribution in [0.2, 0.25) is 0 Å². The first-order valence-electron chi connectivity index (χ1n) is 5.67. The van der Waals surface area contributed by atoms with E-state index in [1.165, 1.54) is 12.1 Å². The van der Waals surface area contributed by atoms with Crippen LogP contribution in [-0.4, -0.2) is 24.7 Å². The molecule has 20 heavy (non-hydrogen) atoms. The van der Waals surface area contributed by atoms with E-state index in [9.17, 15) is 18.0 Å². The molecule has 0 spiro atoms. The number of nitrogens with one attached hydrogen (secondary N) is 1. The van der Waals surface area contributed by atoms with E-state index >= 15 is 0 Å². The lowest BCUT2D eigenvalue weighted by Gasteiger charge is -2.16. The number of benzene rings is 1. The van der Waals surface area contributed by atoms with Crippen molar-refractivity contribution in [2.75, 3.05) is 11.9 Å². The summed E-state index contributed by atoms with van der Waals surface area (Å²) >= 11 is 0. The van der Waals surface area contributed by atoms with Crippen LogP contribution in [0.1, 0.15) is 13.8 Å². The van der Waals surface area contributed by atoms with Gasteiger partial charge in [0.1, 0.15) is 0 Å². The van der Waals surface area contributed by atoms with Gasteiger partial charge in [-0.25, -0.2) is 4.79 Å². The Kier molecular flexibility index (Phi) is 3.41. The van der Waals surface area contributed by atoms with Gasteiger partial charge in [-0.1, -0.05) is 0 Å². The second kappa shape index (κ2) is 4.77. The number of fused-ring (bicyclic) bond motifs is 1. The minimum atomic E-state index is -4.56. The van der Waals surface area contributed by atoms with E-state index in [1.807, 2.05) is 0 Å². The third-order valence-corrected chi connectivity index (χ3v) is 2.27. The van der Waals surface area contributed by atoms with Gasteiger partial charge in [-0.3, -0.25) is 5.32 Å². The monoisotopic (exact) mass is 291 g/mol. The second-order valence-electron chi connectivity index (χ2n) is 4.58. The summed E-state index contributed by atoms with van der Waals surface area (Å²) in [6.45, 7) is 1.77. The summed E-state index contributed by atoms with van der Waals surface area (Å²) in [5.41, 5.74) is 0.247. The van der Waals surface area contributed by atoms with Gasteiger partial charge in [0.15, 0.2) is 18.1 Å². The Morgan fingerprint density at radius 3 is 2.60 bits per heavy atom. The molecule has 0 fully saturated rings. The number of ether oxygens (including phenoxy) is 3. The average Bonchev–Trinajstić information content (AvgIpc) is 2.59. The predicted molar refractivity (Wildman–Crippen MR) is 62.8 cm³/mol. The summed E-state index contributed by atoms with van der Waals surface area (Å²) in [7, 11) is 0. The molecule has 0 radical (unpaired) electrons. The molecule has 2 rings (SSSR count). The van der Waals surface area contributed by atoms with Crippen LogP contribution in [0.25, 0.3) is 0 Å². The van der Waals surface area contributed by atoms with Crippen LogP contribution >= 0.6 is 0 Å². The average molecular weight is 291 g/mol. The van der Waals surface area contributed by atoms with Gasteiger partial charge in [0.25, 0.3) is 0 Å². The van der Waals surface area contributed by atoms with Crippen molar-refractivity contribution in [2.24, 2.45) is 0 Å². The van der Waals surface area contributed by atoms with E-state index in [-0.39, 0.29) is 5.69 Å². The summed E-state index contributed by atoms with van der Waals surface area (Å²) in [6, 6.07) is 4.46. The smallest absolute Gasteiger partial charge is 0.422 e. The van der Waals surface area contributed by atoms with E-state index in [2.05, 4.69) is 10.1 Å². The number of rotatable bonds is 2. The number of carbonyl (C=O) groups is 1. The second-order valence-corrected chi connectivity index (χ2v) is 4.58. The normalized spacial score (nSPS) is 15.8. The van der Waals surface area contributed by atoms with Gasteiger partial charge in [0.2, 0.25) is 5.79 Å². The largest absolute Gasteiger partial charge is 0.449 e. The van der Waals surface area contributed by atoms with E-state index in [4.69, 9.17) is 9.47 Å². The van der Waals surface area contributed by atoms with Crippen LogP contribution in [0.4, 0.5) is 23.7 Å². The number of halogens is 3. The summed E-state index contributed by atoms with van der Waals surface area (Å²) in [6.07, 6.45) is -5.75. The molecule has 110 valence electrons. The third kappa shape index (κ3) is 3.69. The van der Waals surface area contributed by atoms with Gasteiger partial charge < -0.3 is 14.2 Å². The van der Waals surface area contributed by atoms with E-state index < -0.39 is 24.7 Å². The highest BCUT2D eigenvalue weighted by atomic mass is 19.4. The standard InChI is InChI=1S/C12H12F3NO4/c1-11(2)19-8-4-3-7(5-9(8)20-11)16-10(17)18-6-12(13,14)15/h3-5H,6H2,1-2H3,(H,16,17). The maximum atomic E-state index is 11.9. The zero-order valence-corrected chi connectivity index (χ0v) is 10.7. The number of amides is 1. The first-order valence-corrected chi connectivity index (χ1v) is 5.67. The summed E-state index contributed by atoms with van der Waals surface area (Å²) in [5.74, 6) is 0.0606. The molecule has 0 aromatic heterocycles. The molecule has 1 aliphatic heterocycles. The quantitative estimate of drug-likeness (QED) is 0.908. The molecule has 1 N–H and O–H groups in total. The Labute approximate surface area is 112 Å². The minimum Gasteiger partial charge on any atom is -0.449 e. The summed E-state index contributed by atoms with van der Waals surface area (Å²) < 4.78 is 50.5. The zero-order valence-electron chi connectivity index (χ0n) is 10.7. The first-order chi connectivity index (χ1) is 9.15. The lowest BCUT2D eigenvalue weighted by molar-refractivity contribution is -0.159. The maximum Gasteiger partial charge on any atom is 0.422 e. The van der Waals surface area contributed by atoms with Crippen molar-refractivity contribution in [3.63, 3.8) is 0 Å². The third-order valence-electron chi connectivity index (χ3n) is 2.27. The van der Waals surface area contributed by atoms with Gasteiger partial charge in [-0.2, -0.15) is 13.2 Å². The lowest BCUT2D eigenvalue weighted by atomic mass is 10.3. The molecule has 5 nitrogen and oxygen atoms in total. The Morgan fingerprint density at radius 2 is 1.95 bits per heavy atom. The topological polar surface area (TPSA) is 56.8 Å². The molecule has 1 amide bonds. The molecular weight excluding hydrogens is 279 g/mol. The fourth-order valence-electron chi connectivity index (χ4n) is 1.60. The molecule has 1 aliphatic rings. The van der Waals surface area contributed by atoms with Crippen LogP contribution in [0, 0.1) is 0 Å². The molecule has 1 heterocycles. The highest BCUT2D eigenvalue weighted by Gasteiger charge is 2.32. The van der Waals surface area contributed by atoms with Gasteiger partial charge in [-0.15, -0.1) is 0 Å². The van der Waals surface area contributed by atoms with Crippen molar-refractivity contribution in [1.82, 2.24) is 0 Å². The summed E-state index contributed by atoms with van der Waals surface area (Å²) in [5, 5.41) is 2.17. The molecule has 1 aromatic rings. The van der Waals surface area contributed by atoms with Crippen LogP contribution in [0.5, 0.6) is 11.5 Å². The Hall–Kier alpha value is -2.12. The Morgan fingerprint density at radius 1 is 1.30 bits per heavy atom. The van der Waals surface area contributed by atoms with E-state index in [1.54, 1.807) is 19.9 Å². The van der Waals surface area contributed by atoms with Crippen molar-refractivity contribution < 1.29 is 32.2 Å². The van der Waals surface area contributed by atoms with Crippen molar-refractivity contribution >= 4 is 11.8 Å². The fraction of sp³-hybridized carbons (Fsp3) is 0.417. The van der Waals surface area contributed by atoms with E-state index in [0.29, 0.717) is 11.5 Å². The van der Waals surface area contributed by atoms with Crippen LogP contribution in [-0.2, 0) is 4.74 Å². The van der Waals surface area contributed by atoms with Crippen molar-refractivity contribution in [2.45, 2.75) is 25.8 Å². The fourth-order valence-corrected chi connectivity index (χ4v) is 1.60. The van der Waals surface area contributed by atoms with Gasteiger partial charge in [0.05, 0.1) is 0 Å². The molecule has 8 heteroatoms. The first kappa shape index (κ1) is 14.3. The molecule has 1 aromatic carbocycles. The summed E-state index contributed by atoms with van der Waals surface area (Å²) in [4.78, 5) is 11.2. The number of anilines is 1. The van der Waals surface area contributed by atoms with E-state index in [0.717, 1.165) is 0 Å². The molecule has 0 unspecified atom stereocenters. The lowest BCUT2D eigenvalue weighted by Crippen LogP contribution is -2.29. The van der Waals surface area contributed by atoms with Crippen molar-refractivity contribution in [1.29, 1.82) is 0 Å². The highest BCUT2D eigenvalue weighted by molar-refractivity contribution is 5.85. The van der Waals surface area contributed by atoms with Gasteiger partial charge in [-0.05, 0) is 12.1 Å². The SMILES string of the molecule is CC1(C)Oc2ccc(NC(=O)OCC(F)(F)F)cc2O1. The van der Waals surface area contributed by atoms with Crippen molar-refractivity contribution in [3.8, 4) is 11.5 Å². The Balaban J connectivity index is 1.97. The number of alkyl halides is 3. The van der Waals surface area contributed by atoms with Crippen molar-refractivity contribution in [3.05, 3.63) is 18.2 Å². The van der Waals surface area contributed by atoms with Crippen LogP contribution in [0.15, 0.2) is 18.2 Å². The molecule has 0 bridgehead atoms. The highest BCUT2D eigenvalue weighted by Crippen LogP contribution is 2.40. The number of hydrogen-bond donors (Lipinski definition) is 1. The molecule has 0 aliphatic carbocycles. The zero-order chi connectivity index (χ0) is 15.0. The molecular formula is C12H12F3NO4. The number of hydrogen-bond acceptors (Lipinski definition) is 4. The van der Waals surface area contributed by atoms with Gasteiger partial charge in [0, 0.05) is 25.6 Å².